The van der Waals surface area contributed by atoms with Gasteiger partial charge in [0, 0.05) is 38.3 Å². The van der Waals surface area contributed by atoms with Crippen molar-refractivity contribution in [2.45, 2.75) is 20.4 Å². The van der Waals surface area contributed by atoms with Gasteiger partial charge in [0.1, 0.15) is 11.6 Å². The van der Waals surface area contributed by atoms with Crippen LogP contribution in [0.15, 0.2) is 48.5 Å². The summed E-state index contributed by atoms with van der Waals surface area (Å²) in [5, 5.41) is 4.73. The van der Waals surface area contributed by atoms with Gasteiger partial charge in [-0.25, -0.2) is 13.5 Å². The molecule has 1 aromatic heterocycles. The van der Waals surface area contributed by atoms with Crippen molar-refractivity contribution in [2.75, 3.05) is 31.1 Å². The van der Waals surface area contributed by atoms with Gasteiger partial charge in [-0.3, -0.25) is 4.90 Å². The summed E-state index contributed by atoms with van der Waals surface area (Å²) in [6, 6.07) is 13.8. The Balaban J connectivity index is 1.47. The van der Waals surface area contributed by atoms with Gasteiger partial charge in [0.25, 0.3) is 0 Å². The summed E-state index contributed by atoms with van der Waals surface area (Å²) in [6.45, 7) is 7.82. The third-order valence-corrected chi connectivity index (χ3v) is 5.34. The summed E-state index contributed by atoms with van der Waals surface area (Å²) in [5.41, 5.74) is 4.76. The van der Waals surface area contributed by atoms with Crippen LogP contribution in [-0.4, -0.2) is 40.9 Å². The van der Waals surface area contributed by atoms with Crippen LogP contribution >= 0.6 is 0 Å². The zero-order chi connectivity index (χ0) is 19.7. The number of para-hydroxylation sites is 1. The summed E-state index contributed by atoms with van der Waals surface area (Å²) >= 11 is 0. The normalized spacial score (nSPS) is 15.2. The molecule has 1 aliphatic heterocycles. The molecule has 0 atom stereocenters. The summed E-state index contributed by atoms with van der Waals surface area (Å²) in [6.07, 6.45) is 0. The molecule has 0 amide bonds. The molecule has 0 unspecified atom stereocenters. The first-order chi connectivity index (χ1) is 13.5. The molecule has 2 heterocycles. The first-order valence-electron chi connectivity index (χ1n) is 9.56. The lowest BCUT2D eigenvalue weighted by molar-refractivity contribution is 0.246. The monoisotopic (exact) mass is 382 g/mol. The van der Waals surface area contributed by atoms with Gasteiger partial charge in [0.2, 0.25) is 0 Å². The van der Waals surface area contributed by atoms with Crippen molar-refractivity contribution in [1.82, 2.24) is 14.7 Å². The summed E-state index contributed by atoms with van der Waals surface area (Å²) < 4.78 is 29.3. The molecule has 6 heteroatoms. The second kappa shape index (κ2) is 7.72. The Labute approximate surface area is 164 Å². The minimum absolute atomic E-state index is 0.348. The number of anilines is 1. The third-order valence-electron chi connectivity index (χ3n) is 5.34. The molecule has 2 aromatic carbocycles. The van der Waals surface area contributed by atoms with Crippen molar-refractivity contribution in [1.29, 1.82) is 0 Å². The number of aromatic nitrogens is 2. The number of nitrogens with zero attached hydrogens (tertiary/aromatic N) is 4. The number of aryl methyl sites for hydroxylation is 1. The van der Waals surface area contributed by atoms with E-state index >= 15 is 0 Å². The van der Waals surface area contributed by atoms with Gasteiger partial charge in [-0.2, -0.15) is 5.10 Å². The van der Waals surface area contributed by atoms with Crippen LogP contribution in [0.1, 0.15) is 17.0 Å². The quantitative estimate of drug-likeness (QED) is 0.679. The molecule has 1 fully saturated rings. The highest BCUT2D eigenvalue weighted by Gasteiger charge is 2.24. The largest absolute Gasteiger partial charge is 0.366 e. The standard InChI is InChI=1S/C22H24F2N4/c1-16-22(17(2)28(25-16)20-6-4-3-5-7-20)27-12-10-26(11-13-27)15-18-14-19(23)8-9-21(18)24/h3-9,14H,10-13,15H2,1-2H3. The minimum Gasteiger partial charge on any atom is -0.366 e. The molecule has 0 bridgehead atoms. The number of rotatable bonds is 4. The Kier molecular flexibility index (Phi) is 5.13. The maximum Gasteiger partial charge on any atom is 0.127 e. The van der Waals surface area contributed by atoms with Crippen LogP contribution in [0.4, 0.5) is 14.5 Å². The van der Waals surface area contributed by atoms with Gasteiger partial charge in [0.15, 0.2) is 0 Å². The fourth-order valence-electron chi connectivity index (χ4n) is 3.95. The number of hydrogen-bond donors (Lipinski definition) is 0. The first-order valence-corrected chi connectivity index (χ1v) is 9.56. The van der Waals surface area contributed by atoms with E-state index < -0.39 is 5.82 Å². The van der Waals surface area contributed by atoms with E-state index in [1.165, 1.54) is 17.8 Å². The van der Waals surface area contributed by atoms with Crippen molar-refractivity contribution < 1.29 is 8.78 Å². The molecule has 3 aromatic rings. The van der Waals surface area contributed by atoms with Crippen LogP contribution in [0.5, 0.6) is 0 Å². The Morgan fingerprint density at radius 3 is 2.36 bits per heavy atom. The zero-order valence-corrected chi connectivity index (χ0v) is 16.2. The molecule has 0 saturated carbocycles. The molecular weight excluding hydrogens is 358 g/mol. The molecule has 0 radical (unpaired) electrons. The Morgan fingerprint density at radius 1 is 0.929 bits per heavy atom. The van der Waals surface area contributed by atoms with Crippen LogP contribution in [-0.2, 0) is 6.54 Å². The molecule has 28 heavy (non-hydrogen) atoms. The van der Waals surface area contributed by atoms with Gasteiger partial charge < -0.3 is 4.90 Å². The van der Waals surface area contributed by atoms with E-state index in [0.717, 1.165) is 49.3 Å². The fourth-order valence-corrected chi connectivity index (χ4v) is 3.95. The molecule has 146 valence electrons. The lowest BCUT2D eigenvalue weighted by Gasteiger charge is -2.36. The van der Waals surface area contributed by atoms with Gasteiger partial charge in [0.05, 0.1) is 22.8 Å². The molecule has 0 aliphatic carbocycles. The molecule has 0 spiro atoms. The third kappa shape index (κ3) is 3.64. The zero-order valence-electron chi connectivity index (χ0n) is 16.2. The topological polar surface area (TPSA) is 24.3 Å². The molecule has 1 saturated heterocycles. The van der Waals surface area contributed by atoms with E-state index in [9.17, 15) is 8.78 Å². The highest BCUT2D eigenvalue weighted by atomic mass is 19.1. The van der Waals surface area contributed by atoms with Crippen LogP contribution in [0.2, 0.25) is 0 Å². The van der Waals surface area contributed by atoms with Crippen LogP contribution in [0.25, 0.3) is 5.69 Å². The van der Waals surface area contributed by atoms with Crippen molar-refractivity contribution in [3.8, 4) is 5.69 Å². The molecule has 4 rings (SSSR count). The smallest absolute Gasteiger partial charge is 0.127 e. The van der Waals surface area contributed by atoms with Crippen molar-refractivity contribution in [3.63, 3.8) is 0 Å². The van der Waals surface area contributed by atoms with Crippen molar-refractivity contribution in [3.05, 3.63) is 77.1 Å². The Hall–Kier alpha value is -2.73. The summed E-state index contributed by atoms with van der Waals surface area (Å²) in [4.78, 5) is 4.51. The van der Waals surface area contributed by atoms with E-state index in [1.807, 2.05) is 29.8 Å². The summed E-state index contributed by atoms with van der Waals surface area (Å²) in [5.74, 6) is -0.741. The number of benzene rings is 2. The van der Waals surface area contributed by atoms with Crippen molar-refractivity contribution in [2.24, 2.45) is 0 Å². The van der Waals surface area contributed by atoms with Gasteiger partial charge >= 0.3 is 0 Å². The maximum atomic E-state index is 13.9. The van der Waals surface area contributed by atoms with E-state index in [4.69, 9.17) is 5.10 Å². The lowest BCUT2D eigenvalue weighted by atomic mass is 10.1. The predicted molar refractivity (Wildman–Crippen MR) is 107 cm³/mol. The van der Waals surface area contributed by atoms with E-state index in [2.05, 4.69) is 28.9 Å². The van der Waals surface area contributed by atoms with Gasteiger partial charge in [-0.05, 0) is 44.2 Å². The number of piperazine rings is 1. The highest BCUT2D eigenvalue weighted by Crippen LogP contribution is 2.28. The average molecular weight is 382 g/mol. The SMILES string of the molecule is Cc1nn(-c2ccccc2)c(C)c1N1CCN(Cc2cc(F)ccc2F)CC1. The lowest BCUT2D eigenvalue weighted by Crippen LogP contribution is -2.46. The van der Waals surface area contributed by atoms with E-state index in [0.29, 0.717) is 12.1 Å². The maximum absolute atomic E-state index is 13.9. The van der Waals surface area contributed by atoms with E-state index in [-0.39, 0.29) is 5.82 Å². The summed E-state index contributed by atoms with van der Waals surface area (Å²) in [7, 11) is 0. The van der Waals surface area contributed by atoms with E-state index in [1.54, 1.807) is 0 Å². The number of halogens is 2. The minimum atomic E-state index is -0.394. The van der Waals surface area contributed by atoms with Gasteiger partial charge in [-0.1, -0.05) is 18.2 Å². The average Bonchev–Trinajstić information content (AvgIpc) is 3.00. The molecule has 4 nitrogen and oxygen atoms in total. The number of hydrogen-bond acceptors (Lipinski definition) is 3. The predicted octanol–water partition coefficient (Wildman–Crippen LogP) is 4.09. The fraction of sp³-hybridized carbons (Fsp3) is 0.318. The van der Waals surface area contributed by atoms with Crippen molar-refractivity contribution >= 4 is 5.69 Å². The Bertz CT molecular complexity index is 960. The van der Waals surface area contributed by atoms with Crippen LogP contribution < -0.4 is 4.90 Å². The highest BCUT2D eigenvalue weighted by molar-refractivity contribution is 5.57. The molecular formula is C22H24F2N4. The second-order valence-electron chi connectivity index (χ2n) is 7.27. The molecule has 1 aliphatic rings. The van der Waals surface area contributed by atoms with Gasteiger partial charge in [-0.15, -0.1) is 0 Å². The van der Waals surface area contributed by atoms with Crippen LogP contribution in [0.3, 0.4) is 0 Å². The second-order valence-corrected chi connectivity index (χ2v) is 7.27. The molecule has 0 N–H and O–H groups in total. The Morgan fingerprint density at radius 2 is 1.64 bits per heavy atom. The first kappa shape index (κ1) is 18.6. The van der Waals surface area contributed by atoms with Crippen LogP contribution in [0, 0.1) is 25.5 Å².